The molecular formula is C23H24FN7O3. The molecule has 2 fully saturated rings. The van der Waals surface area contributed by atoms with Crippen LogP contribution in [0.4, 0.5) is 10.3 Å². The first-order chi connectivity index (χ1) is 16.5. The predicted molar refractivity (Wildman–Crippen MR) is 122 cm³/mol. The lowest BCUT2D eigenvalue weighted by molar-refractivity contribution is 0.478. The third-order valence-electron chi connectivity index (χ3n) is 6.95. The Bertz CT molecular complexity index is 1470. The van der Waals surface area contributed by atoms with E-state index in [1.54, 1.807) is 25.4 Å². The van der Waals surface area contributed by atoms with Gasteiger partial charge in [0.25, 0.3) is 5.56 Å². The van der Waals surface area contributed by atoms with Crippen LogP contribution in [0.15, 0.2) is 50.7 Å². The van der Waals surface area contributed by atoms with Crippen molar-refractivity contribution >= 4 is 17.1 Å². The van der Waals surface area contributed by atoms with Crippen molar-refractivity contribution in [2.75, 3.05) is 24.5 Å². The third kappa shape index (κ3) is 3.26. The first-order valence-electron chi connectivity index (χ1n) is 11.3. The van der Waals surface area contributed by atoms with Gasteiger partial charge in [-0.05, 0) is 30.0 Å². The topological polar surface area (TPSA) is 103 Å². The number of aromatic nitrogens is 5. The van der Waals surface area contributed by atoms with Gasteiger partial charge in [-0.3, -0.25) is 18.5 Å². The maximum absolute atomic E-state index is 13.7. The Labute approximate surface area is 193 Å². The van der Waals surface area contributed by atoms with Crippen LogP contribution in [0.5, 0.6) is 0 Å². The van der Waals surface area contributed by atoms with E-state index in [-0.39, 0.29) is 24.9 Å². The molecule has 2 unspecified atom stereocenters. The minimum absolute atomic E-state index is 0.0274. The van der Waals surface area contributed by atoms with Crippen molar-refractivity contribution < 1.29 is 8.81 Å². The van der Waals surface area contributed by atoms with Gasteiger partial charge in [-0.15, -0.1) is 0 Å². The number of nitrogens with one attached hydrogen (secondary N) is 1. The van der Waals surface area contributed by atoms with Gasteiger partial charge in [0.05, 0.1) is 12.7 Å². The number of hydrogen-bond acceptors (Lipinski definition) is 7. The molecule has 0 spiro atoms. The monoisotopic (exact) mass is 465 g/mol. The number of hydrogen-bond donors (Lipinski definition) is 1. The lowest BCUT2D eigenvalue weighted by atomic mass is 10.1. The summed E-state index contributed by atoms with van der Waals surface area (Å²) >= 11 is 0. The van der Waals surface area contributed by atoms with Gasteiger partial charge in [0.1, 0.15) is 18.6 Å². The molecule has 0 aliphatic carbocycles. The molecule has 3 aromatic heterocycles. The summed E-state index contributed by atoms with van der Waals surface area (Å²) in [5.74, 6) is 1.22. The molecule has 0 bridgehead atoms. The summed E-state index contributed by atoms with van der Waals surface area (Å²) in [6.07, 6.45) is 4.08. The second kappa shape index (κ2) is 7.94. The van der Waals surface area contributed by atoms with Crippen LogP contribution in [0, 0.1) is 11.7 Å². The summed E-state index contributed by atoms with van der Waals surface area (Å²) in [6.45, 7) is 2.87. The highest BCUT2D eigenvalue weighted by Crippen LogP contribution is 2.33. The summed E-state index contributed by atoms with van der Waals surface area (Å²) in [5, 5.41) is 3.44. The predicted octanol–water partition coefficient (Wildman–Crippen LogP) is 0.919. The summed E-state index contributed by atoms with van der Waals surface area (Å²) in [4.78, 5) is 38.1. The lowest BCUT2D eigenvalue weighted by Gasteiger charge is -2.25. The van der Waals surface area contributed by atoms with Crippen molar-refractivity contribution in [1.82, 2.24) is 29.0 Å². The number of aryl methyl sites for hydroxylation is 1. The smallest absolute Gasteiger partial charge is 0.332 e. The molecule has 6 rings (SSSR count). The molecule has 1 N–H and O–H groups in total. The zero-order valence-corrected chi connectivity index (χ0v) is 18.6. The van der Waals surface area contributed by atoms with Gasteiger partial charge in [-0.25, -0.2) is 14.2 Å². The minimum Gasteiger partial charge on any atom is -0.447 e. The fourth-order valence-corrected chi connectivity index (χ4v) is 5.20. The Kier molecular flexibility index (Phi) is 4.87. The number of oxazole rings is 1. The highest BCUT2D eigenvalue weighted by molar-refractivity contribution is 5.75. The Morgan fingerprint density at radius 2 is 1.97 bits per heavy atom. The summed E-state index contributed by atoms with van der Waals surface area (Å²) in [5.41, 5.74) is 0.357. The first kappa shape index (κ1) is 20.8. The fourth-order valence-electron chi connectivity index (χ4n) is 5.20. The average Bonchev–Trinajstić information content (AvgIpc) is 3.61. The molecule has 5 heterocycles. The van der Waals surface area contributed by atoms with Crippen molar-refractivity contribution in [2.45, 2.75) is 25.6 Å². The standard InChI is InChI=1S/C23H24FN7O3/c1-28-20-19(21(32)31(23(28)33)12-14-2-4-16(24)5-3-14)30(13-18-26-7-9-34-18)22(27-20)29-8-6-15-10-25-11-17(15)29/h2-5,7,9,15,17,25H,6,8,10-13H2,1H3. The van der Waals surface area contributed by atoms with Crippen LogP contribution in [0.25, 0.3) is 11.2 Å². The summed E-state index contributed by atoms with van der Waals surface area (Å²) in [7, 11) is 1.61. The molecule has 1 aromatic carbocycles. The molecule has 10 nitrogen and oxygen atoms in total. The molecular weight excluding hydrogens is 441 g/mol. The Morgan fingerprint density at radius 1 is 1.15 bits per heavy atom. The molecule has 2 atom stereocenters. The van der Waals surface area contributed by atoms with Crippen LogP contribution < -0.4 is 21.5 Å². The molecule has 0 saturated carbocycles. The number of benzene rings is 1. The Balaban J connectivity index is 1.55. The van der Waals surface area contributed by atoms with E-state index >= 15 is 0 Å². The Hall–Kier alpha value is -3.73. The molecule has 0 radical (unpaired) electrons. The van der Waals surface area contributed by atoms with E-state index in [2.05, 4.69) is 15.2 Å². The molecule has 0 amide bonds. The number of halogens is 1. The van der Waals surface area contributed by atoms with Crippen LogP contribution >= 0.6 is 0 Å². The zero-order valence-electron chi connectivity index (χ0n) is 18.6. The van der Waals surface area contributed by atoms with Crippen molar-refractivity contribution in [3.05, 3.63) is 74.8 Å². The summed E-state index contributed by atoms with van der Waals surface area (Å²) < 4.78 is 23.2. The van der Waals surface area contributed by atoms with E-state index in [1.165, 1.54) is 23.0 Å². The van der Waals surface area contributed by atoms with Crippen molar-refractivity contribution in [3.63, 3.8) is 0 Å². The molecule has 11 heteroatoms. The van der Waals surface area contributed by atoms with Gasteiger partial charge in [-0.1, -0.05) is 12.1 Å². The van der Waals surface area contributed by atoms with E-state index in [9.17, 15) is 14.0 Å². The lowest BCUT2D eigenvalue weighted by Crippen LogP contribution is -2.40. The van der Waals surface area contributed by atoms with Gasteiger partial charge in [-0.2, -0.15) is 4.98 Å². The summed E-state index contributed by atoms with van der Waals surface area (Å²) in [6, 6.07) is 6.04. The number of rotatable bonds is 5. The quantitative estimate of drug-likeness (QED) is 0.468. The van der Waals surface area contributed by atoms with Crippen molar-refractivity contribution in [1.29, 1.82) is 0 Å². The maximum atomic E-state index is 13.7. The highest BCUT2D eigenvalue weighted by Gasteiger charge is 2.40. The molecule has 2 aliphatic heterocycles. The van der Waals surface area contributed by atoms with E-state index in [0.717, 1.165) is 30.6 Å². The van der Waals surface area contributed by atoms with Crippen molar-refractivity contribution in [3.8, 4) is 0 Å². The van der Waals surface area contributed by atoms with Gasteiger partial charge in [0.15, 0.2) is 11.2 Å². The van der Waals surface area contributed by atoms with Crippen LogP contribution in [-0.2, 0) is 20.1 Å². The number of fused-ring (bicyclic) bond motifs is 2. The largest absolute Gasteiger partial charge is 0.447 e. The number of anilines is 1. The van der Waals surface area contributed by atoms with Gasteiger partial charge in [0, 0.05) is 32.7 Å². The molecule has 34 heavy (non-hydrogen) atoms. The van der Waals surface area contributed by atoms with Crippen LogP contribution in [0.1, 0.15) is 17.9 Å². The Morgan fingerprint density at radius 3 is 2.74 bits per heavy atom. The minimum atomic E-state index is -0.476. The van der Waals surface area contributed by atoms with Gasteiger partial charge >= 0.3 is 5.69 Å². The second-order valence-electron chi connectivity index (χ2n) is 8.92. The van der Waals surface area contributed by atoms with Crippen LogP contribution in [-0.4, -0.2) is 49.3 Å². The SMILES string of the molecule is Cn1c(=O)n(Cc2ccc(F)cc2)c(=O)c2c1nc(N1CCC3CNCC31)n2Cc1ncco1. The molecule has 4 aromatic rings. The average molecular weight is 465 g/mol. The van der Waals surface area contributed by atoms with E-state index in [1.807, 2.05) is 4.57 Å². The first-order valence-corrected chi connectivity index (χ1v) is 11.3. The van der Waals surface area contributed by atoms with Gasteiger partial charge in [0.2, 0.25) is 11.8 Å². The highest BCUT2D eigenvalue weighted by atomic mass is 19.1. The van der Waals surface area contributed by atoms with E-state index in [0.29, 0.717) is 34.5 Å². The zero-order chi connectivity index (χ0) is 23.4. The van der Waals surface area contributed by atoms with E-state index < -0.39 is 11.2 Å². The second-order valence-corrected chi connectivity index (χ2v) is 8.92. The molecule has 176 valence electrons. The fraction of sp³-hybridized carbons (Fsp3) is 0.391. The van der Waals surface area contributed by atoms with Crippen LogP contribution in [0.2, 0.25) is 0 Å². The van der Waals surface area contributed by atoms with Crippen LogP contribution in [0.3, 0.4) is 0 Å². The van der Waals surface area contributed by atoms with E-state index in [4.69, 9.17) is 9.40 Å². The number of nitrogens with zero attached hydrogens (tertiary/aromatic N) is 6. The molecule has 2 saturated heterocycles. The number of imidazole rings is 1. The van der Waals surface area contributed by atoms with Gasteiger partial charge < -0.3 is 14.6 Å². The maximum Gasteiger partial charge on any atom is 0.332 e. The van der Waals surface area contributed by atoms with Crippen molar-refractivity contribution in [2.24, 2.45) is 13.0 Å². The normalized spacial score (nSPS) is 19.9. The molecule has 2 aliphatic rings. The third-order valence-corrected chi connectivity index (χ3v) is 6.95.